The highest BCUT2D eigenvalue weighted by molar-refractivity contribution is 5.75. The molecule has 5 heteroatoms. The summed E-state index contributed by atoms with van der Waals surface area (Å²) >= 11 is 0. The van der Waals surface area contributed by atoms with E-state index >= 15 is 0 Å². The molecular weight excluding hydrogens is 329 g/mol. The first-order valence-electron chi connectivity index (χ1n) is 8.19. The molecule has 0 spiro atoms. The van der Waals surface area contributed by atoms with Gasteiger partial charge in [-0.2, -0.15) is 0 Å². The minimum absolute atomic E-state index is 0.164. The summed E-state index contributed by atoms with van der Waals surface area (Å²) in [4.78, 5) is 8.90. The van der Waals surface area contributed by atoms with E-state index in [0.717, 1.165) is 27.9 Å². The Morgan fingerprint density at radius 2 is 1.54 bits per heavy atom. The summed E-state index contributed by atoms with van der Waals surface area (Å²) in [5.41, 5.74) is 11.0. The van der Waals surface area contributed by atoms with Crippen molar-refractivity contribution in [2.75, 3.05) is 5.73 Å². The van der Waals surface area contributed by atoms with Crippen LogP contribution in [-0.4, -0.2) is 9.97 Å². The zero-order valence-corrected chi connectivity index (χ0v) is 13.9. The molecule has 2 aromatic carbocycles. The van der Waals surface area contributed by atoms with Crippen molar-refractivity contribution in [2.45, 2.75) is 6.42 Å². The Bertz CT molecular complexity index is 1010. The van der Waals surface area contributed by atoms with Crippen LogP contribution in [0.5, 0.6) is 0 Å². The smallest absolute Gasteiger partial charge is 0.221 e. The molecule has 4 aromatic rings. The van der Waals surface area contributed by atoms with Crippen LogP contribution >= 0.6 is 0 Å². The Morgan fingerprint density at radius 1 is 0.846 bits per heavy atom. The maximum Gasteiger partial charge on any atom is 0.221 e. The van der Waals surface area contributed by atoms with Crippen molar-refractivity contribution in [2.24, 2.45) is 0 Å². The molecule has 128 valence electrons. The van der Waals surface area contributed by atoms with Crippen molar-refractivity contribution < 1.29 is 8.81 Å². The van der Waals surface area contributed by atoms with Gasteiger partial charge in [0.05, 0.1) is 23.9 Å². The number of furan rings is 1. The van der Waals surface area contributed by atoms with E-state index in [0.29, 0.717) is 12.1 Å². The quantitative estimate of drug-likeness (QED) is 0.581. The third-order valence-corrected chi connectivity index (χ3v) is 4.16. The van der Waals surface area contributed by atoms with E-state index in [2.05, 4.69) is 9.97 Å². The van der Waals surface area contributed by atoms with Crippen molar-refractivity contribution in [3.8, 4) is 22.5 Å². The van der Waals surface area contributed by atoms with Crippen LogP contribution in [-0.2, 0) is 6.42 Å². The molecule has 0 radical (unpaired) electrons. The van der Waals surface area contributed by atoms with Crippen molar-refractivity contribution in [3.63, 3.8) is 0 Å². The topological polar surface area (TPSA) is 64.9 Å². The minimum Gasteiger partial charge on any atom is -0.472 e. The number of hydrogen-bond acceptors (Lipinski definition) is 4. The number of halogens is 1. The van der Waals surface area contributed by atoms with Gasteiger partial charge in [0.1, 0.15) is 5.82 Å². The zero-order chi connectivity index (χ0) is 17.9. The number of benzene rings is 2. The normalized spacial score (nSPS) is 10.8. The van der Waals surface area contributed by atoms with Gasteiger partial charge in [-0.15, -0.1) is 0 Å². The van der Waals surface area contributed by atoms with Gasteiger partial charge in [-0.1, -0.05) is 30.3 Å². The molecule has 0 unspecified atom stereocenters. The molecule has 0 saturated carbocycles. The van der Waals surface area contributed by atoms with Crippen LogP contribution in [0.2, 0.25) is 0 Å². The van der Waals surface area contributed by atoms with Gasteiger partial charge in [0.25, 0.3) is 0 Å². The number of nitrogen functional groups attached to an aromatic ring is 1. The summed E-state index contributed by atoms with van der Waals surface area (Å²) in [6, 6.07) is 18.1. The van der Waals surface area contributed by atoms with Crippen molar-refractivity contribution in [1.29, 1.82) is 0 Å². The Hall–Kier alpha value is -3.47. The second-order valence-corrected chi connectivity index (χ2v) is 5.94. The van der Waals surface area contributed by atoms with Gasteiger partial charge in [0.15, 0.2) is 0 Å². The lowest BCUT2D eigenvalue weighted by Crippen LogP contribution is -2.05. The van der Waals surface area contributed by atoms with Crippen LogP contribution in [0.4, 0.5) is 10.3 Å². The van der Waals surface area contributed by atoms with Gasteiger partial charge in [0.2, 0.25) is 5.95 Å². The van der Waals surface area contributed by atoms with Crippen LogP contribution in [0, 0.1) is 5.82 Å². The molecule has 0 aliphatic rings. The van der Waals surface area contributed by atoms with E-state index in [-0.39, 0.29) is 11.8 Å². The first-order chi connectivity index (χ1) is 12.7. The highest BCUT2D eigenvalue weighted by atomic mass is 19.1. The molecule has 2 heterocycles. The largest absolute Gasteiger partial charge is 0.472 e. The molecule has 26 heavy (non-hydrogen) atoms. The molecular formula is C21H16FN3O. The minimum atomic E-state index is -0.296. The van der Waals surface area contributed by atoms with Gasteiger partial charge in [0, 0.05) is 23.1 Å². The average Bonchev–Trinajstić information content (AvgIpc) is 3.19. The van der Waals surface area contributed by atoms with Crippen LogP contribution in [0.3, 0.4) is 0 Å². The number of anilines is 1. The number of nitrogens with zero attached hydrogens (tertiary/aromatic N) is 2. The van der Waals surface area contributed by atoms with E-state index < -0.39 is 0 Å². The van der Waals surface area contributed by atoms with Crippen molar-refractivity contribution >= 4 is 5.95 Å². The van der Waals surface area contributed by atoms with Crippen LogP contribution in [0.25, 0.3) is 22.5 Å². The van der Waals surface area contributed by atoms with E-state index in [1.54, 1.807) is 24.7 Å². The van der Waals surface area contributed by atoms with Crippen LogP contribution in [0.15, 0.2) is 77.6 Å². The Morgan fingerprint density at radius 3 is 2.19 bits per heavy atom. The fourth-order valence-corrected chi connectivity index (χ4v) is 2.95. The van der Waals surface area contributed by atoms with Gasteiger partial charge < -0.3 is 10.2 Å². The summed E-state index contributed by atoms with van der Waals surface area (Å²) in [6.45, 7) is 0. The zero-order valence-electron chi connectivity index (χ0n) is 13.9. The lowest BCUT2D eigenvalue weighted by molar-refractivity contribution is 0.568. The van der Waals surface area contributed by atoms with Crippen LogP contribution in [0.1, 0.15) is 11.1 Å². The molecule has 0 amide bonds. The molecule has 4 nitrogen and oxygen atoms in total. The molecule has 2 N–H and O–H groups in total. The number of aromatic nitrogens is 2. The van der Waals surface area contributed by atoms with Crippen molar-refractivity contribution in [1.82, 2.24) is 9.97 Å². The molecule has 0 fully saturated rings. The fourth-order valence-electron chi connectivity index (χ4n) is 2.95. The lowest BCUT2D eigenvalue weighted by atomic mass is 9.96. The Kier molecular flexibility index (Phi) is 4.19. The van der Waals surface area contributed by atoms with Crippen molar-refractivity contribution in [3.05, 3.63) is 90.1 Å². The van der Waals surface area contributed by atoms with Gasteiger partial charge in [-0.3, -0.25) is 0 Å². The maximum absolute atomic E-state index is 13.4. The number of rotatable bonds is 4. The Labute approximate surface area is 150 Å². The van der Waals surface area contributed by atoms with E-state index in [9.17, 15) is 4.39 Å². The van der Waals surface area contributed by atoms with Gasteiger partial charge in [-0.05, 0) is 35.9 Å². The summed E-state index contributed by atoms with van der Waals surface area (Å²) in [7, 11) is 0. The van der Waals surface area contributed by atoms with E-state index in [1.165, 1.54) is 12.1 Å². The van der Waals surface area contributed by atoms with Crippen LogP contribution < -0.4 is 5.73 Å². The first-order valence-corrected chi connectivity index (χ1v) is 8.19. The predicted octanol–water partition coefficient (Wildman–Crippen LogP) is 4.72. The number of nitrogens with two attached hydrogens (primary N) is 1. The second kappa shape index (κ2) is 6.80. The molecule has 0 saturated heterocycles. The third kappa shape index (κ3) is 3.19. The SMILES string of the molecule is Nc1nc(-c2ccc(F)cc2)c(Cc2ccccc2)c(-c2ccoc2)n1. The molecule has 0 bridgehead atoms. The summed E-state index contributed by atoms with van der Waals surface area (Å²) in [5.74, 6) is -0.132. The first kappa shape index (κ1) is 16.0. The standard InChI is InChI=1S/C21H16FN3O/c22-17-8-6-15(7-9-17)19-18(12-14-4-2-1-3-5-14)20(25-21(23)24-19)16-10-11-26-13-16/h1-11,13H,12H2,(H2,23,24,25). The fraction of sp³-hybridized carbons (Fsp3) is 0.0476. The molecule has 0 aliphatic carbocycles. The predicted molar refractivity (Wildman–Crippen MR) is 98.8 cm³/mol. The third-order valence-electron chi connectivity index (χ3n) is 4.16. The number of hydrogen-bond donors (Lipinski definition) is 1. The van der Waals surface area contributed by atoms with E-state index in [1.807, 2.05) is 36.4 Å². The van der Waals surface area contributed by atoms with E-state index in [4.69, 9.17) is 10.2 Å². The summed E-state index contributed by atoms with van der Waals surface area (Å²) in [6.07, 6.45) is 3.84. The average molecular weight is 345 g/mol. The Balaban J connectivity index is 1.93. The molecule has 2 aromatic heterocycles. The molecule has 4 rings (SSSR count). The van der Waals surface area contributed by atoms with Gasteiger partial charge >= 0.3 is 0 Å². The monoisotopic (exact) mass is 345 g/mol. The highest BCUT2D eigenvalue weighted by Gasteiger charge is 2.18. The summed E-state index contributed by atoms with van der Waals surface area (Å²) < 4.78 is 18.6. The summed E-state index contributed by atoms with van der Waals surface area (Å²) in [5, 5.41) is 0. The van der Waals surface area contributed by atoms with Gasteiger partial charge in [-0.25, -0.2) is 14.4 Å². The molecule has 0 aliphatic heterocycles. The lowest BCUT2D eigenvalue weighted by Gasteiger charge is -2.14. The maximum atomic E-state index is 13.4. The molecule has 0 atom stereocenters. The highest BCUT2D eigenvalue weighted by Crippen LogP contribution is 2.32. The second-order valence-electron chi connectivity index (χ2n) is 5.94.